The van der Waals surface area contributed by atoms with Crippen LogP contribution in [0.1, 0.15) is 12.5 Å². The van der Waals surface area contributed by atoms with E-state index in [2.05, 4.69) is 15.5 Å². The summed E-state index contributed by atoms with van der Waals surface area (Å²) in [7, 11) is 1.25. The van der Waals surface area contributed by atoms with Gasteiger partial charge in [0.15, 0.2) is 10.1 Å². The number of oxime groups is 1. The van der Waals surface area contributed by atoms with Crippen molar-refractivity contribution in [3.8, 4) is 0 Å². The number of aromatic nitrogens is 1. The molecule has 0 aliphatic carbocycles. The number of ether oxygens (including phenoxy) is 1. The van der Waals surface area contributed by atoms with Crippen LogP contribution in [-0.2, 0) is 19.1 Å². The number of esters is 1. The normalized spacial score (nSPS) is 16.5. The lowest BCUT2D eigenvalue weighted by Crippen LogP contribution is -2.64. The van der Waals surface area contributed by atoms with E-state index < -0.39 is 23.8 Å². The summed E-state index contributed by atoms with van der Waals surface area (Å²) in [6, 6.07) is 15.4. The second-order valence-corrected chi connectivity index (χ2v) is 9.90. The lowest BCUT2D eigenvalue weighted by atomic mass is 10.0. The molecule has 2 N–H and O–H groups in total. The van der Waals surface area contributed by atoms with Crippen molar-refractivity contribution >= 4 is 56.8 Å². The van der Waals surface area contributed by atoms with E-state index in [4.69, 9.17) is 4.74 Å². The number of nitrogens with zero attached hydrogens (tertiary/aromatic N) is 3. The Labute approximate surface area is 209 Å². The van der Waals surface area contributed by atoms with Crippen LogP contribution in [-0.4, -0.2) is 64.0 Å². The molecular formula is C24H22N4O5S2. The molecule has 35 heavy (non-hydrogen) atoms. The van der Waals surface area contributed by atoms with Crippen LogP contribution in [0.3, 0.4) is 0 Å². The number of amides is 2. The van der Waals surface area contributed by atoms with Crippen molar-refractivity contribution in [1.29, 1.82) is 0 Å². The molecule has 0 saturated carbocycles. The Balaban J connectivity index is 1.44. The molecule has 1 aromatic heterocycles. The fourth-order valence-electron chi connectivity index (χ4n) is 3.55. The molecule has 2 amide bonds. The lowest BCUT2D eigenvalue weighted by molar-refractivity contribution is -0.149. The Morgan fingerprint density at radius 2 is 1.94 bits per heavy atom. The molecule has 0 spiro atoms. The van der Waals surface area contributed by atoms with E-state index in [1.165, 1.54) is 23.8 Å². The van der Waals surface area contributed by atoms with Gasteiger partial charge >= 0.3 is 5.97 Å². The van der Waals surface area contributed by atoms with E-state index in [-0.39, 0.29) is 18.0 Å². The largest absolute Gasteiger partial charge is 0.464 e. The average Bonchev–Trinajstić information content (AvgIpc) is 3.30. The summed E-state index contributed by atoms with van der Waals surface area (Å²) in [6.07, 6.45) is 0. The van der Waals surface area contributed by atoms with E-state index >= 15 is 0 Å². The molecule has 2 heterocycles. The molecule has 1 saturated heterocycles. The molecule has 2 aromatic carbocycles. The molecule has 0 bridgehead atoms. The molecule has 1 unspecified atom stereocenters. The number of benzene rings is 2. The molecule has 4 rings (SSSR count). The van der Waals surface area contributed by atoms with Gasteiger partial charge in [0, 0.05) is 11.3 Å². The van der Waals surface area contributed by atoms with Gasteiger partial charge < -0.3 is 20.2 Å². The minimum absolute atomic E-state index is 0.0889. The zero-order chi connectivity index (χ0) is 24.9. The van der Waals surface area contributed by atoms with Crippen molar-refractivity contribution in [2.24, 2.45) is 5.16 Å². The Morgan fingerprint density at radius 3 is 2.60 bits per heavy atom. The van der Waals surface area contributed by atoms with Gasteiger partial charge in [-0.15, -0.1) is 11.3 Å². The van der Waals surface area contributed by atoms with Gasteiger partial charge in [0.05, 0.1) is 23.9 Å². The first kappa shape index (κ1) is 24.4. The third-order valence-electron chi connectivity index (χ3n) is 5.34. The number of fused-ring (bicyclic) bond motifs is 1. The molecule has 1 aliphatic rings. The predicted molar refractivity (Wildman–Crippen MR) is 133 cm³/mol. The van der Waals surface area contributed by atoms with E-state index in [0.717, 1.165) is 14.6 Å². The second kappa shape index (κ2) is 10.7. The number of likely N-dealkylation sites (tertiary alicyclic amines) is 1. The molecule has 180 valence electrons. The van der Waals surface area contributed by atoms with Crippen LogP contribution in [0.4, 0.5) is 0 Å². The number of hydrogen-bond acceptors (Lipinski definition) is 9. The van der Waals surface area contributed by atoms with Crippen molar-refractivity contribution in [1.82, 2.24) is 15.2 Å². The van der Waals surface area contributed by atoms with Gasteiger partial charge in [-0.1, -0.05) is 59.4 Å². The van der Waals surface area contributed by atoms with Crippen LogP contribution in [0.2, 0.25) is 0 Å². The molecule has 1 aliphatic heterocycles. The summed E-state index contributed by atoms with van der Waals surface area (Å²) in [5, 5.41) is 14.9. The van der Waals surface area contributed by atoms with Gasteiger partial charge in [0.25, 0.3) is 11.8 Å². The first-order valence-electron chi connectivity index (χ1n) is 10.6. The Kier molecular flexibility index (Phi) is 7.47. The van der Waals surface area contributed by atoms with Gasteiger partial charge in [-0.25, -0.2) is 9.78 Å². The molecule has 11 heteroatoms. The minimum Gasteiger partial charge on any atom is -0.464 e. The van der Waals surface area contributed by atoms with Gasteiger partial charge in [0.2, 0.25) is 0 Å². The minimum atomic E-state index is -0.854. The van der Waals surface area contributed by atoms with E-state index in [0.29, 0.717) is 16.9 Å². The maximum absolute atomic E-state index is 12.9. The highest BCUT2D eigenvalue weighted by Crippen LogP contribution is 2.32. The molecule has 0 radical (unpaired) electrons. The Hall–Kier alpha value is -3.70. The maximum Gasteiger partial charge on any atom is 0.354 e. The third kappa shape index (κ3) is 5.20. The maximum atomic E-state index is 12.9. The number of methoxy groups -OCH3 is 1. The SMILES string of the molecule is COC(=O)/C(=C(\C)CSc1nc2ccccc2s1)N1CC(NC(=O)/C(=N/O)c2ccccc2)C1=O. The number of nitrogens with one attached hydrogen (secondary N) is 1. The summed E-state index contributed by atoms with van der Waals surface area (Å²) in [5.74, 6) is -1.34. The van der Waals surface area contributed by atoms with Crippen LogP contribution < -0.4 is 5.32 Å². The first-order chi connectivity index (χ1) is 16.9. The highest BCUT2D eigenvalue weighted by molar-refractivity contribution is 8.01. The van der Waals surface area contributed by atoms with Crippen LogP contribution in [0.15, 0.2) is 75.4 Å². The number of carbonyl (C=O) groups excluding carboxylic acids is 3. The number of β-lactam (4-membered cyclic amide) rings is 1. The number of thiazole rings is 1. The number of carbonyl (C=O) groups is 3. The highest BCUT2D eigenvalue weighted by Gasteiger charge is 2.43. The van der Waals surface area contributed by atoms with E-state index in [1.807, 2.05) is 24.3 Å². The van der Waals surface area contributed by atoms with Crippen LogP contribution in [0.5, 0.6) is 0 Å². The summed E-state index contributed by atoms with van der Waals surface area (Å²) in [4.78, 5) is 43.8. The highest BCUT2D eigenvalue weighted by atomic mass is 32.2. The van der Waals surface area contributed by atoms with Crippen molar-refractivity contribution < 1.29 is 24.3 Å². The first-order valence-corrected chi connectivity index (χ1v) is 12.4. The van der Waals surface area contributed by atoms with Crippen molar-refractivity contribution in [2.75, 3.05) is 19.4 Å². The topological polar surface area (TPSA) is 121 Å². The number of hydrogen-bond donors (Lipinski definition) is 2. The fraction of sp³-hybridized carbons (Fsp3) is 0.208. The predicted octanol–water partition coefficient (Wildman–Crippen LogP) is 3.04. The van der Waals surface area contributed by atoms with Crippen LogP contribution in [0, 0.1) is 0 Å². The monoisotopic (exact) mass is 510 g/mol. The summed E-state index contributed by atoms with van der Waals surface area (Å²) < 4.78 is 6.84. The van der Waals surface area contributed by atoms with Crippen molar-refractivity contribution in [2.45, 2.75) is 17.3 Å². The fourth-order valence-corrected chi connectivity index (χ4v) is 5.57. The van der Waals surface area contributed by atoms with Gasteiger partial charge in [-0.3, -0.25) is 9.59 Å². The lowest BCUT2D eigenvalue weighted by Gasteiger charge is -2.39. The summed E-state index contributed by atoms with van der Waals surface area (Å²) in [5.41, 5.74) is 1.92. The summed E-state index contributed by atoms with van der Waals surface area (Å²) >= 11 is 3.03. The second-order valence-electron chi connectivity index (χ2n) is 7.65. The molecule has 3 aromatic rings. The number of para-hydroxylation sites is 1. The molecule has 1 fully saturated rings. The smallest absolute Gasteiger partial charge is 0.354 e. The zero-order valence-electron chi connectivity index (χ0n) is 18.9. The summed E-state index contributed by atoms with van der Waals surface area (Å²) in [6.45, 7) is 1.85. The zero-order valence-corrected chi connectivity index (χ0v) is 20.6. The van der Waals surface area contributed by atoms with E-state index in [1.54, 1.807) is 48.6 Å². The van der Waals surface area contributed by atoms with Crippen LogP contribution >= 0.6 is 23.1 Å². The quantitative estimate of drug-likeness (QED) is 0.0909. The molecule has 9 nitrogen and oxygen atoms in total. The number of rotatable bonds is 8. The standard InChI is InChI=1S/C24H22N4O5S2/c1-14(13-34-24-26-16-10-6-7-11-18(16)35-24)20(23(31)33-2)28-12-17(22(28)30)25-21(29)19(27-32)15-8-4-3-5-9-15/h3-11,17,32H,12-13H2,1-2H3,(H,25,29)/b20-14-,27-19+. The Morgan fingerprint density at radius 1 is 1.23 bits per heavy atom. The average molecular weight is 511 g/mol. The van der Waals surface area contributed by atoms with Crippen molar-refractivity contribution in [3.63, 3.8) is 0 Å². The number of thioether (sulfide) groups is 1. The van der Waals surface area contributed by atoms with Crippen molar-refractivity contribution in [3.05, 3.63) is 71.4 Å². The van der Waals surface area contributed by atoms with Gasteiger partial charge in [-0.2, -0.15) is 0 Å². The molecular weight excluding hydrogens is 488 g/mol. The third-order valence-corrected chi connectivity index (χ3v) is 7.69. The van der Waals surface area contributed by atoms with Gasteiger partial charge in [0.1, 0.15) is 11.7 Å². The molecule has 1 atom stereocenters. The Bertz CT molecular complexity index is 1300. The van der Waals surface area contributed by atoms with E-state index in [9.17, 15) is 19.6 Å². The van der Waals surface area contributed by atoms with Gasteiger partial charge in [-0.05, 0) is 24.6 Å². The van der Waals surface area contributed by atoms with Crippen LogP contribution in [0.25, 0.3) is 10.2 Å².